The summed E-state index contributed by atoms with van der Waals surface area (Å²) in [5, 5.41) is 10.5. The number of halogens is 1. The van der Waals surface area contributed by atoms with Crippen molar-refractivity contribution in [1.82, 2.24) is 9.88 Å². The van der Waals surface area contributed by atoms with Gasteiger partial charge in [-0.25, -0.2) is 0 Å². The highest BCUT2D eigenvalue weighted by Crippen LogP contribution is 2.34. The standard InChI is InChI=1S/C21H24ClN3OS/c1-21(2,3)19(13-6-9-16(27-23)10-7-13)24-20(26)18-11-14-5-8-15(22)12-17(14)25(18)4/h5-12,19H,23H2,1-4H3,(H,24,26). The van der Waals surface area contributed by atoms with Gasteiger partial charge in [0.25, 0.3) is 5.91 Å². The van der Waals surface area contributed by atoms with Gasteiger partial charge < -0.3 is 9.88 Å². The quantitative estimate of drug-likeness (QED) is 0.582. The summed E-state index contributed by atoms with van der Waals surface area (Å²) in [5.74, 6) is -0.109. The molecule has 3 aromatic rings. The molecule has 1 aromatic heterocycles. The van der Waals surface area contributed by atoms with Crippen LogP contribution in [-0.2, 0) is 7.05 Å². The van der Waals surface area contributed by atoms with Crippen LogP contribution < -0.4 is 10.5 Å². The molecule has 0 aliphatic heterocycles. The van der Waals surface area contributed by atoms with Gasteiger partial charge in [-0.15, -0.1) is 0 Å². The maximum absolute atomic E-state index is 13.1. The number of nitrogens with two attached hydrogens (primary N) is 1. The van der Waals surface area contributed by atoms with Gasteiger partial charge in [-0.3, -0.25) is 9.93 Å². The molecule has 142 valence electrons. The number of hydrogen-bond acceptors (Lipinski definition) is 3. The highest BCUT2D eigenvalue weighted by molar-refractivity contribution is 7.97. The molecule has 0 bridgehead atoms. The number of aromatic nitrogens is 1. The van der Waals surface area contributed by atoms with Gasteiger partial charge in [-0.2, -0.15) is 0 Å². The second kappa shape index (κ2) is 7.58. The third kappa shape index (κ3) is 4.15. The minimum atomic E-state index is -0.152. The van der Waals surface area contributed by atoms with E-state index in [4.69, 9.17) is 16.7 Å². The van der Waals surface area contributed by atoms with Gasteiger partial charge in [0.05, 0.1) is 6.04 Å². The summed E-state index contributed by atoms with van der Waals surface area (Å²) in [7, 11) is 1.88. The second-order valence-electron chi connectivity index (χ2n) is 7.75. The fraction of sp³-hybridized carbons (Fsp3) is 0.286. The van der Waals surface area contributed by atoms with Crippen molar-refractivity contribution in [2.24, 2.45) is 17.6 Å². The lowest BCUT2D eigenvalue weighted by molar-refractivity contribution is 0.0894. The molecule has 0 saturated heterocycles. The molecule has 3 N–H and O–H groups in total. The lowest BCUT2D eigenvalue weighted by Crippen LogP contribution is -2.37. The Balaban J connectivity index is 1.94. The van der Waals surface area contributed by atoms with E-state index in [2.05, 4.69) is 26.1 Å². The zero-order valence-electron chi connectivity index (χ0n) is 15.9. The van der Waals surface area contributed by atoms with Gasteiger partial charge in [-0.1, -0.05) is 50.6 Å². The molecule has 1 unspecified atom stereocenters. The van der Waals surface area contributed by atoms with Gasteiger partial charge in [0.1, 0.15) is 5.69 Å². The van der Waals surface area contributed by atoms with Gasteiger partial charge in [0.2, 0.25) is 0 Å². The molecule has 27 heavy (non-hydrogen) atoms. The van der Waals surface area contributed by atoms with Crippen molar-refractivity contribution < 1.29 is 4.79 Å². The molecule has 1 heterocycles. The van der Waals surface area contributed by atoms with Crippen LogP contribution in [0.1, 0.15) is 42.9 Å². The normalized spacial score (nSPS) is 13.0. The molecule has 0 fully saturated rings. The first-order chi connectivity index (χ1) is 12.7. The summed E-state index contributed by atoms with van der Waals surface area (Å²) in [6, 6.07) is 15.4. The molecule has 1 amide bonds. The lowest BCUT2D eigenvalue weighted by Gasteiger charge is -2.32. The van der Waals surface area contributed by atoms with Crippen LogP contribution >= 0.6 is 23.5 Å². The lowest BCUT2D eigenvalue weighted by atomic mass is 9.82. The van der Waals surface area contributed by atoms with Crippen molar-refractivity contribution >= 4 is 40.4 Å². The summed E-state index contributed by atoms with van der Waals surface area (Å²) < 4.78 is 1.88. The van der Waals surface area contributed by atoms with E-state index in [1.807, 2.05) is 60.1 Å². The third-order valence-corrected chi connectivity index (χ3v) is 5.51. The third-order valence-electron chi connectivity index (χ3n) is 4.73. The molecular formula is C21H24ClN3OS. The van der Waals surface area contributed by atoms with Gasteiger partial charge >= 0.3 is 0 Å². The molecular weight excluding hydrogens is 378 g/mol. The number of fused-ring (bicyclic) bond motifs is 1. The van der Waals surface area contributed by atoms with Crippen LogP contribution in [0.25, 0.3) is 10.9 Å². The van der Waals surface area contributed by atoms with Gasteiger partial charge in [0.15, 0.2) is 0 Å². The molecule has 1 atom stereocenters. The molecule has 0 saturated carbocycles. The highest BCUT2D eigenvalue weighted by Gasteiger charge is 2.29. The monoisotopic (exact) mass is 401 g/mol. The van der Waals surface area contributed by atoms with Crippen LogP contribution in [0.15, 0.2) is 53.4 Å². The van der Waals surface area contributed by atoms with Crippen LogP contribution in [0.4, 0.5) is 0 Å². The van der Waals surface area contributed by atoms with E-state index in [1.165, 1.54) is 11.9 Å². The molecule has 6 heteroatoms. The Bertz CT molecular complexity index is 973. The smallest absolute Gasteiger partial charge is 0.268 e. The molecule has 0 aliphatic carbocycles. The topological polar surface area (TPSA) is 60.0 Å². The Morgan fingerprint density at radius 3 is 2.41 bits per heavy atom. The number of aryl methyl sites for hydroxylation is 1. The summed E-state index contributed by atoms with van der Waals surface area (Å²) >= 11 is 7.32. The van der Waals surface area contributed by atoms with Crippen molar-refractivity contribution in [3.05, 3.63) is 64.8 Å². The number of carbonyl (C=O) groups is 1. The molecule has 0 aliphatic rings. The largest absolute Gasteiger partial charge is 0.343 e. The molecule has 4 nitrogen and oxygen atoms in total. The Kier molecular flexibility index (Phi) is 5.56. The minimum absolute atomic E-state index is 0.109. The number of nitrogens with zero attached hydrogens (tertiary/aromatic N) is 1. The van der Waals surface area contributed by atoms with Crippen molar-refractivity contribution in [2.75, 3.05) is 0 Å². The first kappa shape index (κ1) is 19.8. The average molecular weight is 402 g/mol. The van der Waals surface area contributed by atoms with Gasteiger partial charge in [0, 0.05) is 27.9 Å². The van der Waals surface area contributed by atoms with Crippen LogP contribution in [0, 0.1) is 5.41 Å². The second-order valence-corrected chi connectivity index (χ2v) is 8.89. The summed E-state index contributed by atoms with van der Waals surface area (Å²) in [6.45, 7) is 6.35. The summed E-state index contributed by atoms with van der Waals surface area (Å²) in [5.41, 5.74) is 2.44. The molecule has 3 rings (SSSR count). The van der Waals surface area contributed by atoms with Crippen LogP contribution in [0.2, 0.25) is 5.02 Å². The summed E-state index contributed by atoms with van der Waals surface area (Å²) in [4.78, 5) is 14.1. The predicted molar refractivity (Wildman–Crippen MR) is 114 cm³/mol. The Morgan fingerprint density at radius 1 is 1.15 bits per heavy atom. The van der Waals surface area contributed by atoms with Crippen LogP contribution in [0.5, 0.6) is 0 Å². The fourth-order valence-corrected chi connectivity index (χ4v) is 3.72. The number of benzene rings is 2. The minimum Gasteiger partial charge on any atom is -0.343 e. The van der Waals surface area contributed by atoms with Crippen molar-refractivity contribution in [3.63, 3.8) is 0 Å². The Hall–Kier alpha value is -1.95. The maximum atomic E-state index is 13.1. The van der Waals surface area contributed by atoms with Crippen LogP contribution in [-0.4, -0.2) is 10.5 Å². The van der Waals surface area contributed by atoms with E-state index in [1.54, 1.807) is 0 Å². The Labute approximate surface area is 169 Å². The zero-order valence-corrected chi connectivity index (χ0v) is 17.5. The van der Waals surface area contributed by atoms with E-state index >= 15 is 0 Å². The first-order valence-corrected chi connectivity index (χ1v) is 9.99. The molecule has 0 radical (unpaired) electrons. The van der Waals surface area contributed by atoms with Crippen molar-refractivity contribution in [1.29, 1.82) is 0 Å². The van der Waals surface area contributed by atoms with E-state index in [-0.39, 0.29) is 17.4 Å². The number of rotatable bonds is 4. The van der Waals surface area contributed by atoms with E-state index in [0.29, 0.717) is 10.7 Å². The number of hydrogen-bond donors (Lipinski definition) is 2. The average Bonchev–Trinajstić information content (AvgIpc) is 2.95. The predicted octanol–water partition coefficient (Wildman–Crippen LogP) is 5.31. The van der Waals surface area contributed by atoms with E-state index in [9.17, 15) is 4.79 Å². The molecule has 2 aromatic carbocycles. The van der Waals surface area contributed by atoms with Crippen LogP contribution in [0.3, 0.4) is 0 Å². The number of amides is 1. The SMILES string of the molecule is Cn1c(C(=O)NC(c2ccc(SN)cc2)C(C)(C)C)cc2ccc(Cl)cc21. The fourth-order valence-electron chi connectivity index (χ4n) is 3.26. The maximum Gasteiger partial charge on any atom is 0.268 e. The highest BCUT2D eigenvalue weighted by atomic mass is 35.5. The van der Waals surface area contributed by atoms with E-state index in [0.717, 1.165) is 21.4 Å². The Morgan fingerprint density at radius 2 is 1.81 bits per heavy atom. The first-order valence-electron chi connectivity index (χ1n) is 8.73. The van der Waals surface area contributed by atoms with E-state index < -0.39 is 0 Å². The van der Waals surface area contributed by atoms with Gasteiger partial charge in [-0.05, 0) is 53.3 Å². The zero-order chi connectivity index (χ0) is 19.8. The number of nitrogens with one attached hydrogen (secondary N) is 1. The molecule has 0 spiro atoms. The van der Waals surface area contributed by atoms with Crippen molar-refractivity contribution in [2.45, 2.75) is 31.7 Å². The number of carbonyl (C=O) groups excluding carboxylic acids is 1. The summed E-state index contributed by atoms with van der Waals surface area (Å²) in [6.07, 6.45) is 0. The van der Waals surface area contributed by atoms with Crippen molar-refractivity contribution in [3.8, 4) is 0 Å².